The molecule has 0 heterocycles. The lowest BCUT2D eigenvalue weighted by Gasteiger charge is -1.93. The van der Waals surface area contributed by atoms with Gasteiger partial charge in [-0.2, -0.15) is 0 Å². The number of rotatable bonds is 4. The second-order valence-corrected chi connectivity index (χ2v) is 2.17. The second kappa shape index (κ2) is 10.2. The molecule has 0 fully saturated rings. The summed E-state index contributed by atoms with van der Waals surface area (Å²) < 4.78 is 4.55. The van der Waals surface area contributed by atoms with Crippen molar-refractivity contribution in [1.29, 1.82) is 0 Å². The van der Waals surface area contributed by atoms with Gasteiger partial charge in [0.25, 0.3) is 0 Å². The number of aliphatic carboxylic acids is 2. The summed E-state index contributed by atoms with van der Waals surface area (Å²) in [7, 11) is 0. The minimum atomic E-state index is -1.26. The fourth-order valence-corrected chi connectivity index (χ4v) is 0.406. The van der Waals surface area contributed by atoms with Crippen molar-refractivity contribution in [2.24, 2.45) is 0 Å². The first-order valence-corrected chi connectivity index (χ1v) is 4.23. The van der Waals surface area contributed by atoms with Gasteiger partial charge in [0.1, 0.15) is 0 Å². The predicted molar refractivity (Wildman–Crippen MR) is 51.3 cm³/mol. The van der Waals surface area contributed by atoms with Gasteiger partial charge in [0, 0.05) is 18.6 Å². The topological polar surface area (TPSA) is 101 Å². The van der Waals surface area contributed by atoms with Crippen molar-refractivity contribution in [1.82, 2.24) is 0 Å². The maximum Gasteiger partial charge on any atom is 0.328 e. The molecular formula is C9H14O6. The van der Waals surface area contributed by atoms with Crippen LogP contribution in [-0.2, 0) is 19.1 Å². The van der Waals surface area contributed by atoms with Crippen molar-refractivity contribution in [2.45, 2.75) is 20.3 Å². The molecule has 0 aromatic carbocycles. The van der Waals surface area contributed by atoms with E-state index >= 15 is 0 Å². The predicted octanol–water partition coefficient (Wildman–Crippen LogP) is 0.671. The Balaban J connectivity index is 0. The van der Waals surface area contributed by atoms with Crippen LogP contribution in [0, 0.1) is 0 Å². The van der Waals surface area contributed by atoms with Crippen molar-refractivity contribution in [3.05, 3.63) is 12.2 Å². The molecule has 0 unspecified atom stereocenters. The summed E-state index contributed by atoms with van der Waals surface area (Å²) in [6.07, 6.45) is 1.60. The first kappa shape index (κ1) is 15.6. The molecule has 0 saturated heterocycles. The van der Waals surface area contributed by atoms with Gasteiger partial charge in [-0.3, -0.25) is 4.79 Å². The highest BCUT2D eigenvalue weighted by atomic mass is 16.5. The zero-order valence-corrected chi connectivity index (χ0v) is 8.60. The van der Waals surface area contributed by atoms with Crippen LogP contribution in [0.5, 0.6) is 0 Å². The quantitative estimate of drug-likeness (QED) is 0.531. The third kappa shape index (κ3) is 18.8. The summed E-state index contributed by atoms with van der Waals surface area (Å²) in [6.45, 7) is 4.07. The standard InChI is InChI=1S/C5H10O2.C4H4O4/c1-3-5(6)7-4-2;5-3(6)1-2-4(7)8/h3-4H2,1-2H3;1-2H,(H,5,6)(H,7,8)/b;2-1-. The Morgan fingerprint density at radius 3 is 1.60 bits per heavy atom. The largest absolute Gasteiger partial charge is 0.478 e. The van der Waals surface area contributed by atoms with E-state index in [-0.39, 0.29) is 5.97 Å². The molecule has 0 aliphatic rings. The van der Waals surface area contributed by atoms with Crippen LogP contribution in [0.15, 0.2) is 12.2 Å². The van der Waals surface area contributed by atoms with Crippen molar-refractivity contribution in [3.8, 4) is 0 Å². The van der Waals surface area contributed by atoms with E-state index in [1.54, 1.807) is 13.8 Å². The Morgan fingerprint density at radius 2 is 1.47 bits per heavy atom. The smallest absolute Gasteiger partial charge is 0.328 e. The van der Waals surface area contributed by atoms with E-state index in [0.717, 1.165) is 0 Å². The maximum atomic E-state index is 10.2. The zero-order chi connectivity index (χ0) is 12.3. The van der Waals surface area contributed by atoms with Gasteiger partial charge < -0.3 is 14.9 Å². The summed E-state index contributed by atoms with van der Waals surface area (Å²) in [6, 6.07) is 0. The van der Waals surface area contributed by atoms with Crippen LogP contribution < -0.4 is 0 Å². The second-order valence-electron chi connectivity index (χ2n) is 2.17. The lowest BCUT2D eigenvalue weighted by atomic mass is 10.5. The van der Waals surface area contributed by atoms with Crippen molar-refractivity contribution in [2.75, 3.05) is 6.61 Å². The Labute approximate surface area is 87.2 Å². The first-order valence-electron chi connectivity index (χ1n) is 4.23. The van der Waals surface area contributed by atoms with Crippen molar-refractivity contribution >= 4 is 17.9 Å². The molecule has 0 atom stereocenters. The summed E-state index contributed by atoms with van der Waals surface area (Å²) in [5.41, 5.74) is 0. The number of carbonyl (C=O) groups excluding carboxylic acids is 1. The fourth-order valence-electron chi connectivity index (χ4n) is 0.406. The Morgan fingerprint density at radius 1 is 1.07 bits per heavy atom. The molecule has 6 nitrogen and oxygen atoms in total. The molecule has 6 heteroatoms. The molecule has 0 radical (unpaired) electrons. The Hall–Kier alpha value is -1.85. The van der Waals surface area contributed by atoms with Crippen LogP contribution in [0.3, 0.4) is 0 Å². The minimum absolute atomic E-state index is 0.123. The highest BCUT2D eigenvalue weighted by Gasteiger charge is 1.91. The fraction of sp³-hybridized carbons (Fsp3) is 0.444. The highest BCUT2D eigenvalue weighted by molar-refractivity contribution is 5.89. The molecule has 0 rings (SSSR count). The van der Waals surface area contributed by atoms with Crippen LogP contribution in [0.25, 0.3) is 0 Å². The van der Waals surface area contributed by atoms with Gasteiger partial charge in [0.05, 0.1) is 6.61 Å². The zero-order valence-electron chi connectivity index (χ0n) is 8.60. The third-order valence-electron chi connectivity index (χ3n) is 0.962. The van der Waals surface area contributed by atoms with Gasteiger partial charge in [-0.1, -0.05) is 6.92 Å². The lowest BCUT2D eigenvalue weighted by Crippen LogP contribution is -2.00. The van der Waals surface area contributed by atoms with Gasteiger partial charge in [-0.25, -0.2) is 9.59 Å². The van der Waals surface area contributed by atoms with Gasteiger partial charge in [0.2, 0.25) is 0 Å². The molecule has 0 saturated carbocycles. The third-order valence-corrected chi connectivity index (χ3v) is 0.962. The first-order chi connectivity index (χ1) is 6.93. The van der Waals surface area contributed by atoms with E-state index in [0.29, 0.717) is 25.2 Å². The van der Waals surface area contributed by atoms with Crippen LogP contribution in [-0.4, -0.2) is 34.7 Å². The monoisotopic (exact) mass is 218 g/mol. The van der Waals surface area contributed by atoms with E-state index in [1.165, 1.54) is 0 Å². The van der Waals surface area contributed by atoms with Crippen molar-refractivity contribution < 1.29 is 29.3 Å². The van der Waals surface area contributed by atoms with E-state index in [2.05, 4.69) is 4.74 Å². The normalized spacial score (nSPS) is 8.93. The molecule has 0 aromatic rings. The molecule has 2 N–H and O–H groups in total. The molecule has 0 aliphatic carbocycles. The number of ether oxygens (including phenoxy) is 1. The molecule has 0 spiro atoms. The van der Waals surface area contributed by atoms with E-state index < -0.39 is 11.9 Å². The van der Waals surface area contributed by atoms with E-state index in [9.17, 15) is 14.4 Å². The Bertz CT molecular complexity index is 227. The number of carboxylic acid groups (broad SMARTS) is 2. The molecule has 86 valence electrons. The van der Waals surface area contributed by atoms with Gasteiger partial charge in [0.15, 0.2) is 0 Å². The summed E-state index contributed by atoms with van der Waals surface area (Å²) in [4.78, 5) is 29.3. The molecule has 0 amide bonds. The van der Waals surface area contributed by atoms with Crippen LogP contribution >= 0.6 is 0 Å². The average Bonchev–Trinajstić information content (AvgIpc) is 2.16. The number of esters is 1. The molecule has 15 heavy (non-hydrogen) atoms. The van der Waals surface area contributed by atoms with Crippen molar-refractivity contribution in [3.63, 3.8) is 0 Å². The lowest BCUT2D eigenvalue weighted by molar-refractivity contribution is -0.142. The highest BCUT2D eigenvalue weighted by Crippen LogP contribution is 1.80. The van der Waals surface area contributed by atoms with Crippen LogP contribution in [0.4, 0.5) is 0 Å². The van der Waals surface area contributed by atoms with Gasteiger partial charge in [-0.05, 0) is 6.92 Å². The van der Waals surface area contributed by atoms with Gasteiger partial charge in [-0.15, -0.1) is 0 Å². The maximum absolute atomic E-state index is 10.2. The van der Waals surface area contributed by atoms with E-state index in [1.807, 2.05) is 0 Å². The van der Waals surface area contributed by atoms with Crippen LogP contribution in [0.1, 0.15) is 20.3 Å². The summed E-state index contributed by atoms with van der Waals surface area (Å²) in [5, 5.41) is 15.6. The molecule has 0 aromatic heterocycles. The number of hydrogen-bond donors (Lipinski definition) is 2. The molecule has 0 aliphatic heterocycles. The molecule has 0 bridgehead atoms. The van der Waals surface area contributed by atoms with E-state index in [4.69, 9.17) is 10.2 Å². The number of hydrogen-bond acceptors (Lipinski definition) is 4. The number of carbonyl (C=O) groups is 3. The average molecular weight is 218 g/mol. The summed E-state index contributed by atoms with van der Waals surface area (Å²) >= 11 is 0. The Kier molecular flexibility index (Phi) is 10.7. The number of carboxylic acids is 2. The summed E-state index contributed by atoms with van der Waals surface area (Å²) in [5.74, 6) is -2.64. The molecular weight excluding hydrogens is 204 g/mol. The minimum Gasteiger partial charge on any atom is -0.478 e. The van der Waals surface area contributed by atoms with Crippen LogP contribution in [0.2, 0.25) is 0 Å². The SMILES string of the molecule is CCOC(=O)CC.O=C(O)/C=C\C(=O)O. The van der Waals surface area contributed by atoms with Gasteiger partial charge >= 0.3 is 17.9 Å².